The number of allylic oxidation sites excluding steroid dienone is 1. The Hall–Kier alpha value is -1.44. The Labute approximate surface area is 141 Å². The molecule has 2 nitrogen and oxygen atoms in total. The van der Waals surface area contributed by atoms with Gasteiger partial charge in [0.25, 0.3) is 0 Å². The summed E-state index contributed by atoms with van der Waals surface area (Å²) in [5.74, 6) is 0.440. The monoisotopic (exact) mass is 316 g/mol. The Morgan fingerprint density at radius 2 is 1.70 bits per heavy atom. The van der Waals surface area contributed by atoms with Crippen LogP contribution >= 0.6 is 0 Å². The van der Waals surface area contributed by atoms with Gasteiger partial charge in [-0.25, -0.2) is 0 Å². The molecule has 128 valence electrons. The van der Waals surface area contributed by atoms with Crippen molar-refractivity contribution in [2.75, 3.05) is 0 Å². The summed E-state index contributed by atoms with van der Waals surface area (Å²) in [6.07, 6.45) is 7.28. The van der Waals surface area contributed by atoms with Crippen LogP contribution in [-0.2, 0) is 11.8 Å². The summed E-state index contributed by atoms with van der Waals surface area (Å²) in [7, 11) is 0. The van der Waals surface area contributed by atoms with E-state index < -0.39 is 0 Å². The first-order chi connectivity index (χ1) is 10.7. The summed E-state index contributed by atoms with van der Waals surface area (Å²) in [5, 5.41) is 21.3. The van der Waals surface area contributed by atoms with E-state index in [0.29, 0.717) is 5.56 Å². The normalized spacial score (nSPS) is 23.9. The Morgan fingerprint density at radius 1 is 1.09 bits per heavy atom. The smallest absolute Gasteiger partial charge is 0.123 e. The Balaban J connectivity index is 2.36. The average Bonchev–Trinajstić information content (AvgIpc) is 2.42. The van der Waals surface area contributed by atoms with Crippen LogP contribution in [0.2, 0.25) is 0 Å². The molecule has 1 fully saturated rings. The van der Waals surface area contributed by atoms with Gasteiger partial charge in [0.2, 0.25) is 0 Å². The van der Waals surface area contributed by atoms with Crippen molar-refractivity contribution in [3.05, 3.63) is 35.4 Å². The SMILES string of the molecule is C=C1CCC(C)(C)CC1(C)c1c(O)cc(CCCCC)cc1O. The highest BCUT2D eigenvalue weighted by Gasteiger charge is 2.43. The third kappa shape index (κ3) is 3.73. The molecule has 0 spiro atoms. The molecule has 0 bridgehead atoms. The molecule has 0 aromatic heterocycles. The van der Waals surface area contributed by atoms with E-state index in [0.717, 1.165) is 43.2 Å². The molecular weight excluding hydrogens is 284 g/mol. The number of hydrogen-bond donors (Lipinski definition) is 2. The van der Waals surface area contributed by atoms with Crippen LogP contribution in [0.3, 0.4) is 0 Å². The molecule has 1 aliphatic carbocycles. The van der Waals surface area contributed by atoms with Crippen LogP contribution < -0.4 is 0 Å². The van der Waals surface area contributed by atoms with Crippen molar-refractivity contribution >= 4 is 0 Å². The summed E-state index contributed by atoms with van der Waals surface area (Å²) in [4.78, 5) is 0. The first-order valence-corrected chi connectivity index (χ1v) is 8.93. The lowest BCUT2D eigenvalue weighted by molar-refractivity contribution is 0.203. The molecule has 1 aliphatic rings. The number of aromatic hydroxyl groups is 2. The zero-order valence-corrected chi connectivity index (χ0v) is 15.2. The first kappa shape index (κ1) is 17.9. The maximum absolute atomic E-state index is 10.6. The van der Waals surface area contributed by atoms with Crippen molar-refractivity contribution in [3.8, 4) is 11.5 Å². The van der Waals surface area contributed by atoms with Crippen molar-refractivity contribution < 1.29 is 10.2 Å². The van der Waals surface area contributed by atoms with Crippen LogP contribution in [0.5, 0.6) is 11.5 Å². The van der Waals surface area contributed by atoms with Gasteiger partial charge in [-0.3, -0.25) is 0 Å². The Morgan fingerprint density at radius 3 is 2.26 bits per heavy atom. The summed E-state index contributed by atoms with van der Waals surface area (Å²) < 4.78 is 0. The predicted octanol–water partition coefficient (Wildman–Crippen LogP) is 5.85. The highest BCUT2D eigenvalue weighted by molar-refractivity contribution is 5.54. The van der Waals surface area contributed by atoms with Crippen LogP contribution in [0.1, 0.15) is 77.3 Å². The molecule has 1 unspecified atom stereocenters. The second-order valence-corrected chi connectivity index (χ2v) is 8.24. The lowest BCUT2D eigenvalue weighted by atomic mass is 9.59. The molecule has 1 atom stereocenters. The largest absolute Gasteiger partial charge is 0.507 e. The van der Waals surface area contributed by atoms with Crippen molar-refractivity contribution in [3.63, 3.8) is 0 Å². The molecule has 1 saturated carbocycles. The molecule has 1 aromatic rings. The fraction of sp³-hybridized carbons (Fsp3) is 0.619. The minimum absolute atomic E-state index is 0.189. The molecule has 0 radical (unpaired) electrons. The van der Waals surface area contributed by atoms with E-state index in [4.69, 9.17) is 0 Å². The maximum Gasteiger partial charge on any atom is 0.123 e. The van der Waals surface area contributed by atoms with E-state index in [1.165, 1.54) is 12.8 Å². The lowest BCUT2D eigenvalue weighted by Gasteiger charge is -2.45. The van der Waals surface area contributed by atoms with Crippen molar-refractivity contribution in [1.82, 2.24) is 0 Å². The molecule has 0 amide bonds. The lowest BCUT2D eigenvalue weighted by Crippen LogP contribution is -2.36. The molecule has 2 N–H and O–H groups in total. The van der Waals surface area contributed by atoms with Gasteiger partial charge in [-0.05, 0) is 55.2 Å². The van der Waals surface area contributed by atoms with Gasteiger partial charge >= 0.3 is 0 Å². The topological polar surface area (TPSA) is 40.5 Å². The number of rotatable bonds is 5. The zero-order chi connectivity index (χ0) is 17.3. The van der Waals surface area contributed by atoms with Crippen molar-refractivity contribution in [1.29, 1.82) is 0 Å². The number of phenolic OH excluding ortho intramolecular Hbond substituents is 2. The van der Waals surface area contributed by atoms with Gasteiger partial charge in [-0.2, -0.15) is 0 Å². The van der Waals surface area contributed by atoms with Gasteiger partial charge in [-0.15, -0.1) is 0 Å². The minimum atomic E-state index is -0.363. The maximum atomic E-state index is 10.6. The second kappa shape index (κ2) is 6.59. The fourth-order valence-corrected chi connectivity index (χ4v) is 4.16. The molecular formula is C21H32O2. The predicted molar refractivity (Wildman–Crippen MR) is 97.1 cm³/mol. The van der Waals surface area contributed by atoms with Crippen LogP contribution in [0.4, 0.5) is 0 Å². The summed E-state index contributed by atoms with van der Waals surface area (Å²) >= 11 is 0. The van der Waals surface area contributed by atoms with E-state index in [-0.39, 0.29) is 22.3 Å². The summed E-state index contributed by atoms with van der Waals surface area (Å²) in [6, 6.07) is 3.68. The Kier molecular flexibility index (Phi) is 5.13. The average molecular weight is 316 g/mol. The van der Waals surface area contributed by atoms with Crippen molar-refractivity contribution in [2.45, 2.75) is 78.1 Å². The van der Waals surface area contributed by atoms with Crippen LogP contribution in [-0.4, -0.2) is 10.2 Å². The second-order valence-electron chi connectivity index (χ2n) is 8.24. The van der Waals surface area contributed by atoms with E-state index in [2.05, 4.69) is 34.3 Å². The standard InChI is InChI=1S/C21H32O2/c1-6-7-8-9-16-12-17(22)19(18(23)13-16)21(5)14-20(3,4)11-10-15(21)2/h12-13,22-23H,2,6-11,14H2,1,3-5H3. The van der Waals surface area contributed by atoms with Crippen molar-refractivity contribution in [2.24, 2.45) is 5.41 Å². The summed E-state index contributed by atoms with van der Waals surface area (Å²) in [6.45, 7) is 13.1. The number of aryl methyl sites for hydroxylation is 1. The van der Waals surface area contributed by atoms with E-state index in [1.807, 2.05) is 12.1 Å². The first-order valence-electron chi connectivity index (χ1n) is 8.93. The molecule has 2 rings (SSSR count). The molecule has 0 saturated heterocycles. The number of unbranched alkanes of at least 4 members (excludes halogenated alkanes) is 2. The highest BCUT2D eigenvalue weighted by atomic mass is 16.3. The fourth-order valence-electron chi connectivity index (χ4n) is 4.16. The molecule has 0 aliphatic heterocycles. The Bertz CT molecular complexity index is 562. The van der Waals surface area contributed by atoms with E-state index in [9.17, 15) is 10.2 Å². The van der Waals surface area contributed by atoms with E-state index in [1.54, 1.807) is 0 Å². The third-order valence-corrected chi connectivity index (χ3v) is 5.49. The van der Waals surface area contributed by atoms with Gasteiger partial charge in [0.1, 0.15) is 11.5 Å². The van der Waals surface area contributed by atoms with Gasteiger partial charge in [-0.1, -0.05) is 52.7 Å². The van der Waals surface area contributed by atoms with Gasteiger partial charge in [0.05, 0.1) is 0 Å². The van der Waals surface area contributed by atoms with Crippen LogP contribution in [0.25, 0.3) is 0 Å². The van der Waals surface area contributed by atoms with Crippen LogP contribution in [0, 0.1) is 5.41 Å². The molecule has 2 heteroatoms. The number of phenols is 2. The highest BCUT2D eigenvalue weighted by Crippen LogP contribution is 2.54. The van der Waals surface area contributed by atoms with Crippen LogP contribution in [0.15, 0.2) is 24.3 Å². The molecule has 23 heavy (non-hydrogen) atoms. The summed E-state index contributed by atoms with van der Waals surface area (Å²) in [5.41, 5.74) is 2.61. The molecule has 0 heterocycles. The number of hydrogen-bond acceptors (Lipinski definition) is 2. The van der Waals surface area contributed by atoms with E-state index >= 15 is 0 Å². The van der Waals surface area contributed by atoms with Gasteiger partial charge < -0.3 is 10.2 Å². The minimum Gasteiger partial charge on any atom is -0.507 e. The molecule has 1 aromatic carbocycles. The zero-order valence-electron chi connectivity index (χ0n) is 15.2. The third-order valence-electron chi connectivity index (χ3n) is 5.49. The quantitative estimate of drug-likeness (QED) is 0.528. The number of benzene rings is 1. The van der Waals surface area contributed by atoms with Gasteiger partial charge in [0.15, 0.2) is 0 Å². The van der Waals surface area contributed by atoms with Gasteiger partial charge in [0, 0.05) is 11.0 Å².